The monoisotopic (exact) mass is 497 g/mol. The van der Waals surface area contributed by atoms with E-state index in [2.05, 4.69) is 25.8 Å². The van der Waals surface area contributed by atoms with E-state index in [0.29, 0.717) is 6.42 Å². The Balaban J connectivity index is 1.93. The van der Waals surface area contributed by atoms with Crippen LogP contribution in [0, 0.1) is 22.7 Å². The van der Waals surface area contributed by atoms with Gasteiger partial charge in [-0.3, -0.25) is 14.6 Å². The highest BCUT2D eigenvalue weighted by Crippen LogP contribution is 2.40. The lowest BCUT2D eigenvalue weighted by atomic mass is 9.72. The van der Waals surface area contributed by atoms with Gasteiger partial charge in [0.2, 0.25) is 0 Å². The van der Waals surface area contributed by atoms with Crippen molar-refractivity contribution in [1.29, 1.82) is 0 Å². The number of Topliss-reactive ketones (excluding diaryl/α,β-unsaturated/α-hetero) is 1. The van der Waals surface area contributed by atoms with Gasteiger partial charge < -0.3 is 14.9 Å². The minimum Gasteiger partial charge on any atom is -0.457 e. The number of aliphatic hydroxyl groups is 2. The number of aliphatic hydroxyl groups excluding tert-OH is 2. The average Bonchev–Trinajstić information content (AvgIpc) is 2.82. The topological polar surface area (TPSA) is 96.7 Å². The van der Waals surface area contributed by atoms with E-state index in [1.54, 1.807) is 20.0 Å². The Bertz CT molecular complexity index is 1060. The molecule has 0 bridgehead atoms. The van der Waals surface area contributed by atoms with Crippen LogP contribution in [0.3, 0.4) is 0 Å². The van der Waals surface area contributed by atoms with Crippen LogP contribution in [-0.4, -0.2) is 39.2 Å². The molecule has 2 N–H and O–H groups in total. The first-order valence-corrected chi connectivity index (χ1v) is 13.2. The Kier molecular flexibility index (Phi) is 8.94. The maximum Gasteiger partial charge on any atom is 0.309 e. The summed E-state index contributed by atoms with van der Waals surface area (Å²) in [4.78, 5) is 30.5. The molecular weight excluding hydrogens is 454 g/mol. The molecule has 4 unspecified atom stereocenters. The largest absolute Gasteiger partial charge is 0.457 e. The van der Waals surface area contributed by atoms with Crippen LogP contribution in [0.25, 0.3) is 10.9 Å². The summed E-state index contributed by atoms with van der Waals surface area (Å²) in [6, 6.07) is 9.83. The highest BCUT2D eigenvalue weighted by Gasteiger charge is 2.39. The molecule has 2 aromatic rings. The molecule has 0 radical (unpaired) electrons. The molecule has 0 amide bonds. The fourth-order valence-electron chi connectivity index (χ4n) is 4.95. The van der Waals surface area contributed by atoms with Gasteiger partial charge in [-0.25, -0.2) is 0 Å². The van der Waals surface area contributed by atoms with Crippen LogP contribution >= 0.6 is 0 Å². The van der Waals surface area contributed by atoms with Gasteiger partial charge in [-0.15, -0.1) is 0 Å². The van der Waals surface area contributed by atoms with Gasteiger partial charge in [0.25, 0.3) is 0 Å². The number of cyclic esters (lactones) is 1. The summed E-state index contributed by atoms with van der Waals surface area (Å²) < 4.78 is 6.00. The molecule has 3 rings (SSSR count). The van der Waals surface area contributed by atoms with Crippen molar-refractivity contribution in [3.63, 3.8) is 0 Å². The zero-order chi connectivity index (χ0) is 26.7. The average molecular weight is 498 g/mol. The van der Waals surface area contributed by atoms with Crippen LogP contribution in [0.15, 0.2) is 36.5 Å². The number of ketones is 1. The molecule has 0 spiro atoms. The number of carbonyl (C=O) groups excluding carboxylic acids is 2. The van der Waals surface area contributed by atoms with Gasteiger partial charge in [-0.2, -0.15) is 0 Å². The summed E-state index contributed by atoms with van der Waals surface area (Å²) in [7, 11) is 0. The second-order valence-corrected chi connectivity index (χ2v) is 12.1. The number of fused-ring (bicyclic) bond motifs is 1. The van der Waals surface area contributed by atoms with Crippen molar-refractivity contribution in [3.8, 4) is 0 Å². The van der Waals surface area contributed by atoms with E-state index in [4.69, 9.17) is 4.74 Å². The SMILES string of the molecule is CC1CC(c2ccc3cccnc3c2)OC(=O)CC(O)C(C)(C)C(=O)CC(O)[C@@H](C)CCCC1(C)C. The molecule has 2 heterocycles. The van der Waals surface area contributed by atoms with E-state index in [0.717, 1.165) is 35.7 Å². The highest BCUT2D eigenvalue weighted by atomic mass is 16.5. The van der Waals surface area contributed by atoms with Crippen molar-refractivity contribution >= 4 is 22.7 Å². The number of carbonyl (C=O) groups is 2. The smallest absolute Gasteiger partial charge is 0.309 e. The Morgan fingerprint density at radius 2 is 1.75 bits per heavy atom. The van der Waals surface area contributed by atoms with E-state index < -0.39 is 29.7 Å². The first-order chi connectivity index (χ1) is 16.8. The van der Waals surface area contributed by atoms with Crippen molar-refractivity contribution in [2.24, 2.45) is 22.7 Å². The summed E-state index contributed by atoms with van der Waals surface area (Å²) in [5.74, 6) is -0.574. The second-order valence-electron chi connectivity index (χ2n) is 12.1. The van der Waals surface area contributed by atoms with Crippen molar-refractivity contribution in [3.05, 3.63) is 42.1 Å². The predicted octanol–water partition coefficient (Wildman–Crippen LogP) is 5.79. The fraction of sp³-hybridized carbons (Fsp3) is 0.633. The minimum absolute atomic E-state index is 0.0151. The van der Waals surface area contributed by atoms with Crippen molar-refractivity contribution in [1.82, 2.24) is 4.98 Å². The van der Waals surface area contributed by atoms with Crippen LogP contribution in [0.2, 0.25) is 0 Å². The van der Waals surface area contributed by atoms with E-state index in [9.17, 15) is 19.8 Å². The third-order valence-corrected chi connectivity index (χ3v) is 8.62. The fourth-order valence-corrected chi connectivity index (χ4v) is 4.95. The van der Waals surface area contributed by atoms with Crippen molar-refractivity contribution < 1.29 is 24.5 Å². The van der Waals surface area contributed by atoms with Gasteiger partial charge in [0.1, 0.15) is 11.9 Å². The van der Waals surface area contributed by atoms with Gasteiger partial charge >= 0.3 is 5.97 Å². The summed E-state index contributed by atoms with van der Waals surface area (Å²) in [6.45, 7) is 11.9. The third-order valence-electron chi connectivity index (χ3n) is 8.62. The van der Waals surface area contributed by atoms with Gasteiger partial charge in [-0.05, 0) is 54.2 Å². The lowest BCUT2D eigenvalue weighted by Crippen LogP contribution is -2.41. The lowest BCUT2D eigenvalue weighted by Gasteiger charge is -2.36. The van der Waals surface area contributed by atoms with Crippen LogP contribution < -0.4 is 0 Å². The minimum atomic E-state index is -1.21. The number of rotatable bonds is 1. The van der Waals surface area contributed by atoms with Crippen molar-refractivity contribution in [2.75, 3.05) is 0 Å². The van der Waals surface area contributed by atoms with E-state index in [1.807, 2.05) is 37.3 Å². The first-order valence-electron chi connectivity index (χ1n) is 13.2. The quantitative estimate of drug-likeness (QED) is 0.484. The summed E-state index contributed by atoms with van der Waals surface area (Å²) >= 11 is 0. The van der Waals surface area contributed by atoms with E-state index in [1.165, 1.54) is 0 Å². The summed E-state index contributed by atoms with van der Waals surface area (Å²) in [6.07, 6.45) is 2.31. The Hall–Kier alpha value is -2.31. The molecule has 0 saturated carbocycles. The second kappa shape index (κ2) is 11.4. The van der Waals surface area contributed by atoms with Gasteiger partial charge in [-0.1, -0.05) is 66.2 Å². The molecule has 1 aromatic heterocycles. The molecule has 198 valence electrons. The molecule has 1 fully saturated rings. The van der Waals surface area contributed by atoms with Crippen LogP contribution in [0.5, 0.6) is 0 Å². The van der Waals surface area contributed by atoms with E-state index in [-0.39, 0.29) is 35.9 Å². The standard InChI is InChI=1S/C30H43NO5/c1-19-9-7-13-29(3,4)20(2)15-25(22-12-11-21-10-8-14-31-23(21)16-22)36-28(35)18-27(34)30(5,6)26(33)17-24(19)32/h8,10-12,14,16,19-20,24-25,27,32,34H,7,9,13,15,17-18H2,1-6H3/t19-,20?,24?,25?,27?/m0/s1. The van der Waals surface area contributed by atoms with Crippen LogP contribution in [-0.2, 0) is 14.3 Å². The van der Waals surface area contributed by atoms with Gasteiger partial charge in [0.05, 0.1) is 24.1 Å². The molecule has 1 aliphatic rings. The van der Waals surface area contributed by atoms with E-state index >= 15 is 0 Å². The number of pyridine rings is 1. The Morgan fingerprint density at radius 3 is 2.47 bits per heavy atom. The Morgan fingerprint density at radius 1 is 1.03 bits per heavy atom. The number of aromatic nitrogens is 1. The summed E-state index contributed by atoms with van der Waals surface area (Å²) in [5, 5.41) is 22.5. The maximum atomic E-state index is 13.1. The number of nitrogens with zero attached hydrogens (tertiary/aromatic N) is 1. The predicted molar refractivity (Wildman–Crippen MR) is 141 cm³/mol. The molecule has 5 atom stereocenters. The molecule has 1 saturated heterocycles. The number of ether oxygens (including phenoxy) is 1. The normalized spacial score (nSPS) is 30.6. The molecule has 0 aliphatic carbocycles. The third kappa shape index (κ3) is 6.71. The molecule has 36 heavy (non-hydrogen) atoms. The number of hydrogen-bond donors (Lipinski definition) is 2. The molecule has 1 aromatic carbocycles. The maximum absolute atomic E-state index is 13.1. The van der Waals surface area contributed by atoms with Crippen molar-refractivity contribution in [2.45, 2.75) is 98.4 Å². The molecular formula is C30H43NO5. The lowest BCUT2D eigenvalue weighted by molar-refractivity contribution is -0.156. The molecule has 6 nitrogen and oxygen atoms in total. The number of benzene rings is 1. The number of hydrogen-bond acceptors (Lipinski definition) is 6. The molecule has 6 heteroatoms. The van der Waals surface area contributed by atoms with Crippen LogP contribution in [0.1, 0.15) is 91.7 Å². The van der Waals surface area contributed by atoms with Gasteiger partial charge in [0, 0.05) is 23.4 Å². The molecule has 1 aliphatic heterocycles. The Labute approximate surface area is 215 Å². The zero-order valence-electron chi connectivity index (χ0n) is 22.7. The zero-order valence-corrected chi connectivity index (χ0v) is 22.7. The summed E-state index contributed by atoms with van der Waals surface area (Å²) in [5.41, 5.74) is 0.525. The highest BCUT2D eigenvalue weighted by molar-refractivity contribution is 5.86. The first kappa shape index (κ1) is 28.3. The number of esters is 1. The van der Waals surface area contributed by atoms with Gasteiger partial charge in [0.15, 0.2) is 0 Å². The van der Waals surface area contributed by atoms with Crippen LogP contribution in [0.4, 0.5) is 0 Å².